The summed E-state index contributed by atoms with van der Waals surface area (Å²) in [5, 5.41) is 3.02. The number of nitrogens with zero attached hydrogens (tertiary/aromatic N) is 1. The van der Waals surface area contributed by atoms with Gasteiger partial charge in [-0.05, 0) is 39.7 Å². The summed E-state index contributed by atoms with van der Waals surface area (Å²) < 4.78 is 5.45. The first-order valence-electron chi connectivity index (χ1n) is 9.85. The van der Waals surface area contributed by atoms with Crippen LogP contribution in [0.25, 0.3) is 0 Å². The highest BCUT2D eigenvalue weighted by Crippen LogP contribution is 2.20. The summed E-state index contributed by atoms with van der Waals surface area (Å²) in [6.07, 6.45) is 3.52. The largest absolute Gasteiger partial charge is 0.444 e. The van der Waals surface area contributed by atoms with Crippen molar-refractivity contribution in [3.05, 3.63) is 35.9 Å². The molecule has 0 aliphatic rings. The number of carbonyl (C=O) groups excluding carboxylic acids is 2. The minimum atomic E-state index is -0.557. The Balaban J connectivity index is 2.91. The van der Waals surface area contributed by atoms with Crippen LogP contribution in [-0.4, -0.2) is 34.6 Å². The van der Waals surface area contributed by atoms with Crippen LogP contribution < -0.4 is 5.32 Å². The maximum Gasteiger partial charge on any atom is 0.408 e. The van der Waals surface area contributed by atoms with Gasteiger partial charge in [-0.1, -0.05) is 56.5 Å². The van der Waals surface area contributed by atoms with Gasteiger partial charge in [0.2, 0.25) is 5.91 Å². The standard InChI is InChI=1S/C22H36N2O3/c1-7-8-12-15-22(6,23-20(26)27-21(3,4)5)17-24(18(2)25)16-19-13-10-9-11-14-19/h9-11,13-14H,7-8,12,15-17H2,1-6H3,(H,23,26)/t22-/m1/s1. The van der Waals surface area contributed by atoms with Gasteiger partial charge in [-0.25, -0.2) is 4.79 Å². The Hall–Kier alpha value is -2.04. The van der Waals surface area contributed by atoms with Crippen LogP contribution in [0.3, 0.4) is 0 Å². The number of rotatable bonds is 9. The normalized spacial score (nSPS) is 13.6. The van der Waals surface area contributed by atoms with E-state index in [0.717, 1.165) is 31.2 Å². The quantitative estimate of drug-likeness (QED) is 0.624. The van der Waals surface area contributed by atoms with Crippen LogP contribution in [-0.2, 0) is 16.1 Å². The molecule has 27 heavy (non-hydrogen) atoms. The molecule has 1 atom stereocenters. The molecule has 0 unspecified atom stereocenters. The molecule has 1 rings (SSSR count). The summed E-state index contributed by atoms with van der Waals surface area (Å²) >= 11 is 0. The zero-order valence-corrected chi connectivity index (χ0v) is 17.8. The van der Waals surface area contributed by atoms with Gasteiger partial charge in [0, 0.05) is 20.0 Å². The number of ether oxygens (including phenoxy) is 1. The smallest absolute Gasteiger partial charge is 0.408 e. The summed E-state index contributed by atoms with van der Waals surface area (Å²) in [7, 11) is 0. The highest BCUT2D eigenvalue weighted by molar-refractivity contribution is 5.74. The molecule has 0 spiro atoms. The van der Waals surface area contributed by atoms with Crippen molar-refractivity contribution in [2.45, 2.75) is 84.9 Å². The second kappa shape index (κ2) is 10.3. The van der Waals surface area contributed by atoms with E-state index in [0.29, 0.717) is 13.1 Å². The Labute approximate surface area is 164 Å². The second-order valence-electron chi connectivity index (χ2n) is 8.51. The molecule has 0 aliphatic carbocycles. The predicted octanol–water partition coefficient (Wildman–Crippen LogP) is 4.90. The third-order valence-corrected chi connectivity index (χ3v) is 4.34. The zero-order valence-electron chi connectivity index (χ0n) is 17.8. The van der Waals surface area contributed by atoms with Crippen LogP contribution in [0.2, 0.25) is 0 Å². The van der Waals surface area contributed by atoms with Gasteiger partial charge in [0.25, 0.3) is 0 Å². The number of benzene rings is 1. The average Bonchev–Trinajstić information content (AvgIpc) is 2.53. The fraction of sp³-hybridized carbons (Fsp3) is 0.636. The Morgan fingerprint density at radius 2 is 1.70 bits per heavy atom. The van der Waals surface area contributed by atoms with Crippen molar-refractivity contribution in [1.82, 2.24) is 10.2 Å². The van der Waals surface area contributed by atoms with Crippen LogP contribution in [0.15, 0.2) is 30.3 Å². The van der Waals surface area contributed by atoms with Gasteiger partial charge in [0.05, 0.1) is 5.54 Å². The van der Waals surface area contributed by atoms with Crippen LogP contribution in [0, 0.1) is 0 Å². The van der Waals surface area contributed by atoms with E-state index in [4.69, 9.17) is 4.74 Å². The summed E-state index contributed by atoms with van der Waals surface area (Å²) in [5.41, 5.74) is -0.0303. The number of hydrogen-bond acceptors (Lipinski definition) is 3. The van der Waals surface area contributed by atoms with E-state index in [2.05, 4.69) is 12.2 Å². The first kappa shape index (κ1) is 23.0. The molecule has 5 heteroatoms. The van der Waals surface area contributed by atoms with Crippen LogP contribution in [0.1, 0.15) is 72.8 Å². The lowest BCUT2D eigenvalue weighted by Crippen LogP contribution is -2.55. The number of alkyl carbamates (subject to hydrolysis) is 1. The lowest BCUT2D eigenvalue weighted by Gasteiger charge is -2.37. The van der Waals surface area contributed by atoms with Gasteiger partial charge >= 0.3 is 6.09 Å². The maximum atomic E-state index is 12.4. The van der Waals surface area contributed by atoms with E-state index in [9.17, 15) is 9.59 Å². The van der Waals surface area contributed by atoms with Crippen LogP contribution >= 0.6 is 0 Å². The van der Waals surface area contributed by atoms with Crippen LogP contribution in [0.4, 0.5) is 4.79 Å². The molecule has 0 fully saturated rings. The van der Waals surface area contributed by atoms with E-state index in [1.807, 2.05) is 58.0 Å². The zero-order chi connectivity index (χ0) is 20.5. The molecule has 0 radical (unpaired) electrons. The molecule has 152 valence electrons. The second-order valence-corrected chi connectivity index (χ2v) is 8.51. The number of amides is 2. The fourth-order valence-corrected chi connectivity index (χ4v) is 3.00. The molecular weight excluding hydrogens is 340 g/mol. The van der Waals surface area contributed by atoms with Crippen molar-refractivity contribution in [1.29, 1.82) is 0 Å². The molecule has 0 bridgehead atoms. The molecule has 1 aromatic carbocycles. The molecule has 0 aromatic heterocycles. The van der Waals surface area contributed by atoms with Gasteiger partial charge in [0.15, 0.2) is 0 Å². The third-order valence-electron chi connectivity index (χ3n) is 4.34. The lowest BCUT2D eigenvalue weighted by atomic mass is 9.93. The summed E-state index contributed by atoms with van der Waals surface area (Å²) in [6, 6.07) is 9.90. The first-order valence-corrected chi connectivity index (χ1v) is 9.85. The molecule has 0 saturated carbocycles. The molecular formula is C22H36N2O3. The highest BCUT2D eigenvalue weighted by atomic mass is 16.6. The van der Waals surface area contributed by atoms with E-state index in [-0.39, 0.29) is 5.91 Å². The number of unbranched alkanes of at least 4 members (excludes halogenated alkanes) is 2. The van der Waals surface area contributed by atoms with Gasteiger partial charge in [-0.15, -0.1) is 0 Å². The van der Waals surface area contributed by atoms with Crippen molar-refractivity contribution >= 4 is 12.0 Å². The lowest BCUT2D eigenvalue weighted by molar-refractivity contribution is -0.130. The predicted molar refractivity (Wildman–Crippen MR) is 109 cm³/mol. The molecule has 0 aliphatic heterocycles. The van der Waals surface area contributed by atoms with E-state index in [1.54, 1.807) is 11.8 Å². The van der Waals surface area contributed by atoms with Gasteiger partial charge in [-0.2, -0.15) is 0 Å². The first-order chi connectivity index (χ1) is 12.5. The van der Waals surface area contributed by atoms with Crippen molar-refractivity contribution in [2.75, 3.05) is 6.54 Å². The van der Waals surface area contributed by atoms with Gasteiger partial charge in [-0.3, -0.25) is 4.79 Å². The fourth-order valence-electron chi connectivity index (χ4n) is 3.00. The van der Waals surface area contributed by atoms with E-state index in [1.165, 1.54) is 0 Å². The monoisotopic (exact) mass is 376 g/mol. The Kier molecular flexibility index (Phi) is 8.80. The maximum absolute atomic E-state index is 12.4. The van der Waals surface area contributed by atoms with Crippen LogP contribution in [0.5, 0.6) is 0 Å². The van der Waals surface area contributed by atoms with Crippen molar-refractivity contribution in [2.24, 2.45) is 0 Å². The van der Waals surface area contributed by atoms with Crippen molar-refractivity contribution in [3.63, 3.8) is 0 Å². The molecule has 0 saturated heterocycles. The average molecular weight is 377 g/mol. The third kappa shape index (κ3) is 9.45. The molecule has 1 aromatic rings. The molecule has 1 N–H and O–H groups in total. The number of nitrogens with one attached hydrogen (secondary N) is 1. The minimum Gasteiger partial charge on any atom is -0.444 e. The molecule has 5 nitrogen and oxygen atoms in total. The van der Waals surface area contributed by atoms with Gasteiger partial charge < -0.3 is 15.0 Å². The summed E-state index contributed by atoms with van der Waals surface area (Å²) in [4.78, 5) is 26.4. The number of carbonyl (C=O) groups is 2. The Morgan fingerprint density at radius 3 is 2.22 bits per heavy atom. The SMILES string of the molecule is CCCCC[C@](C)(CN(Cc1ccccc1)C(C)=O)NC(=O)OC(C)(C)C. The summed E-state index contributed by atoms with van der Waals surface area (Å²) in [5.74, 6) is -0.00782. The molecule has 2 amide bonds. The topological polar surface area (TPSA) is 58.6 Å². The van der Waals surface area contributed by atoms with Gasteiger partial charge in [0.1, 0.15) is 5.60 Å². The van der Waals surface area contributed by atoms with E-state index < -0.39 is 17.2 Å². The minimum absolute atomic E-state index is 0.00782. The van der Waals surface area contributed by atoms with Crippen molar-refractivity contribution in [3.8, 4) is 0 Å². The van der Waals surface area contributed by atoms with Crippen molar-refractivity contribution < 1.29 is 14.3 Å². The Bertz CT molecular complexity index is 595. The highest BCUT2D eigenvalue weighted by Gasteiger charge is 2.31. The van der Waals surface area contributed by atoms with E-state index >= 15 is 0 Å². The number of hydrogen-bond donors (Lipinski definition) is 1. The molecule has 0 heterocycles. The summed E-state index contributed by atoms with van der Waals surface area (Å²) in [6.45, 7) is 12.2. The Morgan fingerprint density at radius 1 is 1.07 bits per heavy atom.